The monoisotopic (exact) mass is 368 g/mol. The summed E-state index contributed by atoms with van der Waals surface area (Å²) in [5.41, 5.74) is 2.52. The highest BCUT2D eigenvalue weighted by Gasteiger charge is 2.35. The van der Waals surface area contributed by atoms with E-state index in [1.165, 1.54) is 10.2 Å². The number of fused-ring (bicyclic) bond motifs is 3. The van der Waals surface area contributed by atoms with Crippen LogP contribution in [0.25, 0.3) is 10.9 Å². The molecule has 1 aliphatic carbocycles. The van der Waals surface area contributed by atoms with E-state index in [1.54, 1.807) is 0 Å². The van der Waals surface area contributed by atoms with E-state index in [0.29, 0.717) is 5.52 Å². The molecule has 5 nitrogen and oxygen atoms in total. The highest BCUT2D eigenvalue weighted by atomic mass is 32.2. The van der Waals surface area contributed by atoms with Gasteiger partial charge in [-0.1, -0.05) is 18.2 Å². The summed E-state index contributed by atoms with van der Waals surface area (Å²) in [6, 6.07) is 7.47. The van der Waals surface area contributed by atoms with Crippen LogP contribution in [0, 0.1) is 0 Å². The minimum atomic E-state index is -3.39. The second kappa shape index (κ2) is 6.05. The van der Waals surface area contributed by atoms with Gasteiger partial charge in [0.05, 0.1) is 17.8 Å². The van der Waals surface area contributed by atoms with Gasteiger partial charge in [0, 0.05) is 28.0 Å². The van der Waals surface area contributed by atoms with E-state index in [1.807, 2.05) is 45.0 Å². The molecule has 1 N–H and O–H groups in total. The van der Waals surface area contributed by atoms with Crippen molar-refractivity contribution in [2.45, 2.75) is 50.8 Å². The maximum absolute atomic E-state index is 12.6. The van der Waals surface area contributed by atoms with Crippen molar-refractivity contribution in [2.24, 2.45) is 0 Å². The van der Waals surface area contributed by atoms with E-state index in [2.05, 4.69) is 4.72 Å². The number of hydrogen-bond donors (Lipinski definition) is 1. The van der Waals surface area contributed by atoms with Gasteiger partial charge >= 0.3 is 0 Å². The molecule has 0 saturated heterocycles. The van der Waals surface area contributed by atoms with Gasteiger partial charge in [-0.15, -0.1) is 4.72 Å². The first-order chi connectivity index (χ1) is 11.1. The summed E-state index contributed by atoms with van der Waals surface area (Å²) >= 11 is -1.21. The van der Waals surface area contributed by atoms with Crippen LogP contribution in [-0.2, 0) is 27.8 Å². The van der Waals surface area contributed by atoms with Crippen molar-refractivity contribution >= 4 is 32.3 Å². The van der Waals surface area contributed by atoms with Crippen molar-refractivity contribution in [2.75, 3.05) is 6.26 Å². The molecule has 2 aromatic rings. The third kappa shape index (κ3) is 3.10. The predicted octanol–water partition coefficient (Wildman–Crippen LogP) is 2.88. The number of nitrogens with one attached hydrogen (secondary N) is 1. The molecule has 0 fully saturated rings. The second-order valence-electron chi connectivity index (χ2n) is 7.35. The smallest absolute Gasteiger partial charge is 0.236 e. The average molecular weight is 369 g/mol. The van der Waals surface area contributed by atoms with E-state index in [0.717, 1.165) is 35.9 Å². The molecular formula is C17H24N2O3S2. The fourth-order valence-electron chi connectivity index (χ4n) is 3.33. The molecular weight excluding hydrogens is 344 g/mol. The van der Waals surface area contributed by atoms with Crippen molar-refractivity contribution < 1.29 is 13.0 Å². The van der Waals surface area contributed by atoms with E-state index >= 15 is 0 Å². The molecule has 132 valence electrons. The van der Waals surface area contributed by atoms with Gasteiger partial charge in [-0.3, -0.25) is 0 Å². The zero-order chi connectivity index (χ0) is 17.7. The van der Waals surface area contributed by atoms with Crippen molar-refractivity contribution in [1.29, 1.82) is 0 Å². The van der Waals surface area contributed by atoms with Crippen LogP contribution >= 0.6 is 0 Å². The van der Waals surface area contributed by atoms with E-state index in [4.69, 9.17) is 0 Å². The summed E-state index contributed by atoms with van der Waals surface area (Å²) in [4.78, 5) is 0. The molecule has 1 aliphatic rings. The normalized spacial score (nSPS) is 20.1. The molecule has 1 aromatic heterocycles. The maximum atomic E-state index is 12.6. The highest BCUT2D eigenvalue weighted by molar-refractivity contribution is 7.90. The first-order valence-corrected chi connectivity index (χ1v) is 11.1. The lowest BCUT2D eigenvalue weighted by molar-refractivity contribution is 0.488. The highest BCUT2D eigenvalue weighted by Crippen LogP contribution is 2.39. The SMILES string of the molecule is CC(C)(C)[S+]([O-])N[C@@H]1CCCc2c1c1ccccc1n2S(C)(=O)=O. The summed E-state index contributed by atoms with van der Waals surface area (Å²) in [5, 5.41) is 0.932. The largest absolute Gasteiger partial charge is 0.598 e. The summed E-state index contributed by atoms with van der Waals surface area (Å²) in [7, 11) is -3.39. The average Bonchev–Trinajstić information content (AvgIpc) is 2.81. The quantitative estimate of drug-likeness (QED) is 0.846. The number of para-hydroxylation sites is 1. The van der Waals surface area contributed by atoms with Crippen LogP contribution in [0.3, 0.4) is 0 Å². The number of hydrogen-bond acceptors (Lipinski definition) is 4. The second-order valence-corrected chi connectivity index (χ2v) is 11.2. The molecule has 3 rings (SSSR count). The first-order valence-electron chi connectivity index (χ1n) is 8.11. The Balaban J connectivity index is 2.18. The molecule has 1 heterocycles. The Labute approximate surface area is 146 Å². The van der Waals surface area contributed by atoms with Crippen LogP contribution in [0.15, 0.2) is 24.3 Å². The zero-order valence-electron chi connectivity index (χ0n) is 14.5. The van der Waals surface area contributed by atoms with Gasteiger partial charge in [0.25, 0.3) is 0 Å². The Kier molecular flexibility index (Phi) is 4.49. The molecule has 7 heteroatoms. The molecule has 0 amide bonds. The van der Waals surface area contributed by atoms with E-state index in [-0.39, 0.29) is 10.8 Å². The molecule has 0 radical (unpaired) electrons. The molecule has 1 aromatic carbocycles. The van der Waals surface area contributed by atoms with Crippen molar-refractivity contribution in [3.8, 4) is 0 Å². The van der Waals surface area contributed by atoms with Crippen LogP contribution in [0.2, 0.25) is 0 Å². The van der Waals surface area contributed by atoms with Gasteiger partial charge in [-0.25, -0.2) is 12.4 Å². The summed E-state index contributed by atoms with van der Waals surface area (Å²) < 4.78 is 41.6. The predicted molar refractivity (Wildman–Crippen MR) is 98.9 cm³/mol. The minimum absolute atomic E-state index is 0.0956. The Morgan fingerprint density at radius 1 is 1.29 bits per heavy atom. The van der Waals surface area contributed by atoms with Gasteiger partial charge in [-0.05, 0) is 46.1 Å². The number of nitrogens with zero attached hydrogens (tertiary/aromatic N) is 1. The van der Waals surface area contributed by atoms with Crippen LogP contribution in [0.1, 0.15) is 50.9 Å². The minimum Gasteiger partial charge on any atom is -0.598 e. The van der Waals surface area contributed by atoms with Gasteiger partial charge in [-0.2, -0.15) is 0 Å². The van der Waals surface area contributed by atoms with Crippen molar-refractivity contribution in [3.63, 3.8) is 0 Å². The number of benzene rings is 1. The van der Waals surface area contributed by atoms with Crippen molar-refractivity contribution in [1.82, 2.24) is 8.69 Å². The van der Waals surface area contributed by atoms with Crippen LogP contribution < -0.4 is 4.72 Å². The van der Waals surface area contributed by atoms with Gasteiger partial charge < -0.3 is 4.55 Å². The van der Waals surface area contributed by atoms with E-state index < -0.39 is 21.4 Å². The molecule has 0 bridgehead atoms. The molecule has 0 spiro atoms. The molecule has 1 unspecified atom stereocenters. The van der Waals surface area contributed by atoms with E-state index in [9.17, 15) is 13.0 Å². The summed E-state index contributed by atoms with van der Waals surface area (Å²) in [5.74, 6) is 0. The van der Waals surface area contributed by atoms with Gasteiger partial charge in [0.15, 0.2) is 0 Å². The third-order valence-electron chi connectivity index (χ3n) is 4.36. The van der Waals surface area contributed by atoms with Gasteiger partial charge in [0.2, 0.25) is 10.0 Å². The number of aromatic nitrogens is 1. The Hall–Kier alpha value is -1.02. The summed E-state index contributed by atoms with van der Waals surface area (Å²) in [6.45, 7) is 5.79. The Morgan fingerprint density at radius 2 is 1.96 bits per heavy atom. The van der Waals surface area contributed by atoms with Crippen molar-refractivity contribution in [3.05, 3.63) is 35.5 Å². The number of rotatable bonds is 3. The molecule has 0 aliphatic heterocycles. The van der Waals surface area contributed by atoms with Crippen LogP contribution in [0.4, 0.5) is 0 Å². The third-order valence-corrected chi connectivity index (χ3v) is 7.05. The summed E-state index contributed by atoms with van der Waals surface area (Å²) in [6.07, 6.45) is 3.69. The lowest BCUT2D eigenvalue weighted by Crippen LogP contribution is -2.42. The zero-order valence-corrected chi connectivity index (χ0v) is 16.1. The Bertz CT molecular complexity index is 866. The Morgan fingerprint density at radius 3 is 2.58 bits per heavy atom. The molecule has 0 saturated carbocycles. The molecule has 24 heavy (non-hydrogen) atoms. The standard InChI is InChI=1S/C17H24N2O3S2/c1-17(2,3)23(20)18-13-9-7-11-15-16(13)12-8-5-6-10-14(12)19(15)24(4,21)22/h5-6,8,10,13,18H,7,9,11H2,1-4H3/t13-,23?/m1/s1. The maximum Gasteiger partial charge on any atom is 0.236 e. The molecule has 2 atom stereocenters. The lowest BCUT2D eigenvalue weighted by Gasteiger charge is -2.30. The first kappa shape index (κ1) is 17.8. The topological polar surface area (TPSA) is 74.2 Å². The van der Waals surface area contributed by atoms with Crippen LogP contribution in [0.5, 0.6) is 0 Å². The fraction of sp³-hybridized carbons (Fsp3) is 0.529. The van der Waals surface area contributed by atoms with Crippen LogP contribution in [-0.4, -0.2) is 27.9 Å². The van der Waals surface area contributed by atoms with Gasteiger partial charge in [0.1, 0.15) is 4.75 Å². The lowest BCUT2D eigenvalue weighted by atomic mass is 9.91. The fourth-order valence-corrected chi connectivity index (χ4v) is 5.29.